The van der Waals surface area contributed by atoms with Gasteiger partial charge in [0.2, 0.25) is 5.95 Å². The van der Waals surface area contributed by atoms with Crippen molar-refractivity contribution < 1.29 is 22.3 Å². The Labute approximate surface area is 256 Å². The predicted molar refractivity (Wildman–Crippen MR) is 168 cm³/mol. The first kappa shape index (κ1) is 30.0. The van der Waals surface area contributed by atoms with E-state index in [-0.39, 0.29) is 36.1 Å². The highest BCUT2D eigenvalue weighted by Gasteiger charge is 2.41. The molecule has 0 spiro atoms. The third-order valence-corrected chi connectivity index (χ3v) is 9.54. The van der Waals surface area contributed by atoms with Gasteiger partial charge in [0, 0.05) is 74.3 Å². The maximum Gasteiger partial charge on any atom is 0.296 e. The van der Waals surface area contributed by atoms with E-state index in [9.17, 15) is 17.6 Å². The van der Waals surface area contributed by atoms with Crippen LogP contribution in [0.3, 0.4) is 0 Å². The van der Waals surface area contributed by atoms with E-state index in [1.165, 1.54) is 13.4 Å². The van der Waals surface area contributed by atoms with Gasteiger partial charge in [-0.05, 0) is 54.8 Å². The summed E-state index contributed by atoms with van der Waals surface area (Å²) < 4.78 is 43.4. The molecule has 2 saturated heterocycles. The smallest absolute Gasteiger partial charge is 0.296 e. The molecule has 1 saturated carbocycles. The fraction of sp³-hybridized carbons (Fsp3) is 0.484. The van der Waals surface area contributed by atoms with Crippen LogP contribution < -0.4 is 20.4 Å². The molecule has 2 aromatic heterocycles. The number of aromatic nitrogens is 3. The minimum Gasteiger partial charge on any atom is -0.378 e. The SMILES string of the molecule is CC#CC(=O)N[C@@H]1C[C@@H]1c1ccc(N2CC(CS(C)(=O)=O)C2)c2cnc(Nc3ccnc(N4CC[C@@H](OC)[C@@H](F)C4)n3)cc12. The van der Waals surface area contributed by atoms with Crippen molar-refractivity contribution in [2.75, 3.05) is 60.4 Å². The van der Waals surface area contributed by atoms with Crippen molar-refractivity contribution in [2.24, 2.45) is 5.92 Å². The first-order chi connectivity index (χ1) is 21.1. The van der Waals surface area contributed by atoms with E-state index in [0.717, 1.165) is 28.4 Å². The molecule has 11 nitrogen and oxygen atoms in total. The highest BCUT2D eigenvalue weighted by Crippen LogP contribution is 2.46. The number of halogens is 1. The highest BCUT2D eigenvalue weighted by molar-refractivity contribution is 7.90. The van der Waals surface area contributed by atoms with Crippen LogP contribution in [0, 0.1) is 17.8 Å². The van der Waals surface area contributed by atoms with Crippen molar-refractivity contribution in [3.8, 4) is 11.8 Å². The summed E-state index contributed by atoms with van der Waals surface area (Å²) in [6.45, 7) is 3.70. The van der Waals surface area contributed by atoms with Crippen LogP contribution in [0.15, 0.2) is 36.7 Å². The van der Waals surface area contributed by atoms with Gasteiger partial charge in [-0.1, -0.05) is 12.0 Å². The number of amides is 1. The van der Waals surface area contributed by atoms with Gasteiger partial charge in [-0.25, -0.2) is 22.8 Å². The lowest BCUT2D eigenvalue weighted by Gasteiger charge is -2.41. The van der Waals surface area contributed by atoms with Gasteiger partial charge < -0.3 is 25.2 Å². The Morgan fingerprint density at radius 3 is 2.68 bits per heavy atom. The molecule has 3 aliphatic rings. The van der Waals surface area contributed by atoms with Crippen LogP contribution in [0.5, 0.6) is 0 Å². The Hall–Kier alpha value is -4.02. The summed E-state index contributed by atoms with van der Waals surface area (Å²) in [7, 11) is -1.52. The maximum absolute atomic E-state index is 14.5. The number of nitrogens with one attached hydrogen (secondary N) is 2. The fourth-order valence-corrected chi connectivity index (χ4v) is 7.33. The number of sulfone groups is 1. The minimum atomic E-state index is -3.04. The predicted octanol–water partition coefficient (Wildman–Crippen LogP) is 2.81. The fourth-order valence-electron chi connectivity index (χ4n) is 6.26. The summed E-state index contributed by atoms with van der Waals surface area (Å²) in [6, 6.07) is 7.87. The van der Waals surface area contributed by atoms with E-state index in [4.69, 9.17) is 9.72 Å². The Bertz CT molecular complexity index is 1740. The van der Waals surface area contributed by atoms with Gasteiger partial charge in [0.25, 0.3) is 5.91 Å². The molecule has 2 N–H and O–H groups in total. The van der Waals surface area contributed by atoms with Gasteiger partial charge >= 0.3 is 0 Å². The van der Waals surface area contributed by atoms with E-state index >= 15 is 0 Å². The standard InChI is InChI=1S/C31H36FN7O4S/c1-4-5-30(40)35-25-12-22(25)20-6-7-26(39-15-19(16-39)18-44(3,41)42)23-14-34-29(13-21(20)23)36-28-8-10-33-31(37-28)38-11-9-27(43-2)24(32)17-38/h6-8,10,13-14,19,22,24-25,27H,9,11-12,15-18H2,1-3H3,(H,35,40)(H,33,34,36,37)/t22-,24+,25-,27-/m1/s1. The van der Waals surface area contributed by atoms with Crippen molar-refractivity contribution in [3.05, 3.63) is 42.2 Å². The molecule has 4 atom stereocenters. The molecule has 232 valence electrons. The second-order valence-electron chi connectivity index (χ2n) is 11.8. The number of methoxy groups -OCH3 is 1. The molecule has 6 rings (SSSR count). The van der Waals surface area contributed by atoms with Crippen molar-refractivity contribution in [3.63, 3.8) is 0 Å². The molecule has 0 bridgehead atoms. The van der Waals surface area contributed by atoms with E-state index in [1.807, 2.05) is 17.2 Å². The van der Waals surface area contributed by atoms with Crippen molar-refractivity contribution in [2.45, 2.75) is 44.0 Å². The Balaban J connectivity index is 1.26. The summed E-state index contributed by atoms with van der Waals surface area (Å²) in [4.78, 5) is 29.8. The number of nitrogens with zero attached hydrogens (tertiary/aromatic N) is 5. The van der Waals surface area contributed by atoms with Gasteiger partial charge in [-0.2, -0.15) is 4.98 Å². The zero-order valence-corrected chi connectivity index (χ0v) is 25.8. The number of ether oxygens (including phenoxy) is 1. The van der Waals surface area contributed by atoms with Gasteiger partial charge in [-0.3, -0.25) is 4.79 Å². The van der Waals surface area contributed by atoms with Crippen LogP contribution in [-0.2, 0) is 19.4 Å². The zero-order valence-electron chi connectivity index (χ0n) is 25.0. The summed E-state index contributed by atoms with van der Waals surface area (Å²) >= 11 is 0. The number of carbonyl (C=O) groups is 1. The summed E-state index contributed by atoms with van der Waals surface area (Å²) in [5, 5.41) is 8.22. The molecule has 1 aliphatic carbocycles. The molecule has 0 radical (unpaired) electrons. The zero-order chi connectivity index (χ0) is 31.0. The van der Waals surface area contributed by atoms with Gasteiger partial charge in [0.1, 0.15) is 27.6 Å². The number of hydrogen-bond acceptors (Lipinski definition) is 10. The monoisotopic (exact) mass is 621 g/mol. The number of alkyl halides is 1. The van der Waals surface area contributed by atoms with Crippen LogP contribution in [-0.4, -0.2) is 92.9 Å². The lowest BCUT2D eigenvalue weighted by atomic mass is 9.96. The first-order valence-electron chi connectivity index (χ1n) is 14.7. The molecule has 13 heteroatoms. The number of fused-ring (bicyclic) bond motifs is 1. The largest absolute Gasteiger partial charge is 0.378 e. The van der Waals surface area contributed by atoms with E-state index in [2.05, 4.69) is 49.5 Å². The normalized spacial score (nSPS) is 23.5. The van der Waals surface area contributed by atoms with Crippen molar-refractivity contribution in [1.82, 2.24) is 20.3 Å². The van der Waals surface area contributed by atoms with Gasteiger partial charge in [0.15, 0.2) is 0 Å². The molecular formula is C31H36FN7O4S. The Morgan fingerprint density at radius 1 is 1.14 bits per heavy atom. The van der Waals surface area contributed by atoms with Crippen LogP contribution in [0.2, 0.25) is 0 Å². The maximum atomic E-state index is 14.5. The molecule has 2 aliphatic heterocycles. The molecule has 3 fully saturated rings. The Morgan fingerprint density at radius 2 is 1.95 bits per heavy atom. The molecule has 0 unspecified atom stereocenters. The lowest BCUT2D eigenvalue weighted by molar-refractivity contribution is -0.115. The van der Waals surface area contributed by atoms with Gasteiger partial charge in [-0.15, -0.1) is 0 Å². The molecule has 1 aromatic carbocycles. The number of piperidine rings is 1. The van der Waals surface area contributed by atoms with Crippen LogP contribution in [0.25, 0.3) is 10.8 Å². The van der Waals surface area contributed by atoms with E-state index < -0.39 is 22.1 Å². The average Bonchev–Trinajstić information content (AvgIpc) is 3.72. The summed E-state index contributed by atoms with van der Waals surface area (Å²) in [5.41, 5.74) is 2.09. The van der Waals surface area contributed by atoms with E-state index in [1.54, 1.807) is 19.2 Å². The number of anilines is 4. The second-order valence-corrected chi connectivity index (χ2v) is 14.0. The highest BCUT2D eigenvalue weighted by atomic mass is 32.2. The second kappa shape index (κ2) is 12.2. The number of carbonyl (C=O) groups excluding carboxylic acids is 1. The topological polar surface area (TPSA) is 130 Å². The van der Waals surface area contributed by atoms with E-state index in [0.29, 0.717) is 43.6 Å². The van der Waals surface area contributed by atoms with Gasteiger partial charge in [0.05, 0.1) is 18.4 Å². The molecule has 1 amide bonds. The van der Waals surface area contributed by atoms with Crippen LogP contribution in [0.4, 0.5) is 27.7 Å². The minimum absolute atomic E-state index is 0.00359. The average molecular weight is 622 g/mol. The summed E-state index contributed by atoms with van der Waals surface area (Å²) in [5.74, 6) is 6.85. The quantitative estimate of drug-likeness (QED) is 0.344. The molecular weight excluding hydrogens is 585 g/mol. The lowest BCUT2D eigenvalue weighted by Crippen LogP contribution is -2.49. The number of rotatable bonds is 9. The number of pyridine rings is 1. The van der Waals surface area contributed by atoms with Crippen LogP contribution >= 0.6 is 0 Å². The third kappa shape index (κ3) is 6.56. The van der Waals surface area contributed by atoms with Crippen molar-refractivity contribution in [1.29, 1.82) is 0 Å². The third-order valence-electron chi connectivity index (χ3n) is 8.46. The Kier molecular flexibility index (Phi) is 8.30. The molecule has 44 heavy (non-hydrogen) atoms. The van der Waals surface area contributed by atoms with Crippen molar-refractivity contribution >= 4 is 49.8 Å². The van der Waals surface area contributed by atoms with Crippen LogP contribution in [0.1, 0.15) is 31.2 Å². The number of hydrogen-bond donors (Lipinski definition) is 2. The number of benzene rings is 1. The molecule has 4 heterocycles. The summed E-state index contributed by atoms with van der Waals surface area (Å²) in [6.07, 6.45) is 4.55. The first-order valence-corrected chi connectivity index (χ1v) is 16.8. The molecule has 3 aromatic rings.